The third-order valence-electron chi connectivity index (χ3n) is 2.93. The van der Waals surface area contributed by atoms with E-state index in [2.05, 4.69) is 46.6 Å². The molecule has 0 saturated heterocycles. The Hall–Kier alpha value is -0.390. The lowest BCUT2D eigenvalue weighted by molar-refractivity contribution is 0.170. The maximum absolute atomic E-state index is 5.62. The number of nitrogens with one attached hydrogen (secondary N) is 1. The molecule has 1 aliphatic heterocycles. The first kappa shape index (κ1) is 15.0. The molecule has 1 aromatic rings. The fourth-order valence-electron chi connectivity index (χ4n) is 2.07. The summed E-state index contributed by atoms with van der Waals surface area (Å²) >= 11 is 5.44. The van der Waals surface area contributed by atoms with Crippen LogP contribution in [0.1, 0.15) is 12.5 Å². The van der Waals surface area contributed by atoms with Crippen molar-refractivity contribution in [3.8, 4) is 11.5 Å². The molecule has 0 saturated carbocycles. The molecule has 1 heterocycles. The first-order valence-electron chi connectivity index (χ1n) is 6.48. The second-order valence-corrected chi connectivity index (χ2v) is 6.56. The van der Waals surface area contributed by atoms with Crippen molar-refractivity contribution in [3.05, 3.63) is 22.2 Å². The largest absolute Gasteiger partial charge is 0.486 e. The molecule has 0 aliphatic carbocycles. The average molecular weight is 346 g/mol. The monoisotopic (exact) mass is 345 g/mol. The van der Waals surface area contributed by atoms with E-state index in [0.717, 1.165) is 29.1 Å². The highest BCUT2D eigenvalue weighted by Gasteiger charge is 2.16. The summed E-state index contributed by atoms with van der Waals surface area (Å²) in [5.41, 5.74) is 1.22. The molecule has 19 heavy (non-hydrogen) atoms. The Morgan fingerprint density at radius 3 is 2.95 bits per heavy atom. The molecule has 1 aromatic carbocycles. The summed E-state index contributed by atoms with van der Waals surface area (Å²) in [5.74, 6) is 3.55. The van der Waals surface area contributed by atoms with Gasteiger partial charge in [-0.2, -0.15) is 11.8 Å². The van der Waals surface area contributed by atoms with Crippen molar-refractivity contribution in [1.29, 1.82) is 0 Å². The van der Waals surface area contributed by atoms with Crippen LogP contribution in [-0.2, 0) is 6.54 Å². The van der Waals surface area contributed by atoms with Gasteiger partial charge in [-0.15, -0.1) is 0 Å². The number of hydrogen-bond donors (Lipinski definition) is 1. The molecule has 3 nitrogen and oxygen atoms in total. The lowest BCUT2D eigenvalue weighted by Gasteiger charge is -2.20. The lowest BCUT2D eigenvalue weighted by atomic mass is 10.1. The lowest BCUT2D eigenvalue weighted by Crippen LogP contribution is -2.22. The van der Waals surface area contributed by atoms with Crippen molar-refractivity contribution >= 4 is 27.7 Å². The molecule has 1 N–H and O–H groups in total. The summed E-state index contributed by atoms with van der Waals surface area (Å²) in [4.78, 5) is 0. The van der Waals surface area contributed by atoms with E-state index in [0.29, 0.717) is 19.1 Å². The Morgan fingerprint density at radius 1 is 1.37 bits per heavy atom. The van der Waals surface area contributed by atoms with Gasteiger partial charge < -0.3 is 14.8 Å². The van der Waals surface area contributed by atoms with Gasteiger partial charge in [-0.1, -0.05) is 6.92 Å². The molecule has 1 aliphatic rings. The number of thioether (sulfide) groups is 1. The van der Waals surface area contributed by atoms with E-state index >= 15 is 0 Å². The molecule has 1 unspecified atom stereocenters. The molecule has 2 rings (SSSR count). The standard InChI is InChI=1S/C14H20BrNO2S/c1-10(9-19-2)7-16-8-11-5-12(15)14-13(6-11)17-3-4-18-14/h5-6,10,16H,3-4,7-9H2,1-2H3. The van der Waals surface area contributed by atoms with Gasteiger partial charge >= 0.3 is 0 Å². The molecule has 106 valence electrons. The van der Waals surface area contributed by atoms with Crippen molar-refractivity contribution in [2.24, 2.45) is 5.92 Å². The van der Waals surface area contributed by atoms with E-state index in [4.69, 9.17) is 9.47 Å². The van der Waals surface area contributed by atoms with Crippen LogP contribution in [-0.4, -0.2) is 31.8 Å². The highest BCUT2D eigenvalue weighted by Crippen LogP contribution is 2.38. The maximum atomic E-state index is 5.62. The molecule has 0 aromatic heterocycles. The van der Waals surface area contributed by atoms with Crippen LogP contribution in [0.5, 0.6) is 11.5 Å². The van der Waals surface area contributed by atoms with Crippen molar-refractivity contribution in [2.45, 2.75) is 13.5 Å². The van der Waals surface area contributed by atoms with E-state index in [-0.39, 0.29) is 0 Å². The SMILES string of the molecule is CSCC(C)CNCc1cc(Br)c2c(c1)OCCO2. The Balaban J connectivity index is 1.92. The number of rotatable bonds is 6. The molecule has 5 heteroatoms. The Labute approximate surface area is 127 Å². The van der Waals surface area contributed by atoms with Crippen LogP contribution in [0, 0.1) is 5.92 Å². The van der Waals surface area contributed by atoms with Crippen LogP contribution in [0.2, 0.25) is 0 Å². The van der Waals surface area contributed by atoms with Crippen LogP contribution >= 0.6 is 27.7 Å². The highest BCUT2D eigenvalue weighted by molar-refractivity contribution is 9.10. The number of benzene rings is 1. The van der Waals surface area contributed by atoms with Crippen LogP contribution in [0.3, 0.4) is 0 Å². The molecule has 1 atom stereocenters. The van der Waals surface area contributed by atoms with Crippen molar-refractivity contribution < 1.29 is 9.47 Å². The Bertz CT molecular complexity index is 428. The molecule has 0 bridgehead atoms. The second-order valence-electron chi connectivity index (χ2n) is 4.79. The zero-order valence-electron chi connectivity index (χ0n) is 11.4. The fourth-order valence-corrected chi connectivity index (χ4v) is 3.36. The second kappa shape index (κ2) is 7.41. The molecule has 0 amide bonds. The van der Waals surface area contributed by atoms with Crippen molar-refractivity contribution in [2.75, 3.05) is 31.8 Å². The van der Waals surface area contributed by atoms with Gasteiger partial charge in [0.2, 0.25) is 0 Å². The van der Waals surface area contributed by atoms with Gasteiger partial charge in [0.1, 0.15) is 13.2 Å². The van der Waals surface area contributed by atoms with Crippen molar-refractivity contribution in [3.63, 3.8) is 0 Å². The van der Waals surface area contributed by atoms with Gasteiger partial charge in [0.05, 0.1) is 4.47 Å². The summed E-state index contributed by atoms with van der Waals surface area (Å²) in [7, 11) is 0. The van der Waals surface area contributed by atoms with Crippen LogP contribution in [0.15, 0.2) is 16.6 Å². The highest BCUT2D eigenvalue weighted by atomic mass is 79.9. The predicted molar refractivity (Wildman–Crippen MR) is 84.4 cm³/mol. The minimum Gasteiger partial charge on any atom is -0.486 e. The number of halogens is 1. The van der Waals surface area contributed by atoms with Gasteiger partial charge in [-0.25, -0.2) is 0 Å². The van der Waals surface area contributed by atoms with Crippen LogP contribution < -0.4 is 14.8 Å². The predicted octanol–water partition coefficient (Wildman–Crippen LogP) is 3.31. The summed E-state index contributed by atoms with van der Waals surface area (Å²) < 4.78 is 12.2. The molecular formula is C14H20BrNO2S. The van der Waals surface area contributed by atoms with Gasteiger partial charge in [0.25, 0.3) is 0 Å². The van der Waals surface area contributed by atoms with Crippen LogP contribution in [0.4, 0.5) is 0 Å². The summed E-state index contributed by atoms with van der Waals surface area (Å²) in [6, 6.07) is 4.16. The number of ether oxygens (including phenoxy) is 2. The normalized spacial score (nSPS) is 15.3. The molecule has 0 fully saturated rings. The summed E-state index contributed by atoms with van der Waals surface area (Å²) in [6.45, 7) is 5.40. The smallest absolute Gasteiger partial charge is 0.175 e. The Morgan fingerprint density at radius 2 is 2.16 bits per heavy atom. The van der Waals surface area contributed by atoms with Gasteiger partial charge in [0.15, 0.2) is 11.5 Å². The number of fused-ring (bicyclic) bond motifs is 1. The maximum Gasteiger partial charge on any atom is 0.175 e. The van der Waals surface area contributed by atoms with E-state index in [1.807, 2.05) is 11.8 Å². The minimum absolute atomic E-state index is 0.620. The van der Waals surface area contributed by atoms with Gasteiger partial charge in [-0.05, 0) is 58.1 Å². The minimum atomic E-state index is 0.620. The third kappa shape index (κ3) is 4.29. The van der Waals surface area contributed by atoms with E-state index in [1.165, 1.54) is 11.3 Å². The van der Waals surface area contributed by atoms with Crippen molar-refractivity contribution in [1.82, 2.24) is 5.32 Å². The zero-order chi connectivity index (χ0) is 13.7. The van der Waals surface area contributed by atoms with E-state index in [1.54, 1.807) is 0 Å². The zero-order valence-corrected chi connectivity index (χ0v) is 13.8. The first-order valence-corrected chi connectivity index (χ1v) is 8.67. The third-order valence-corrected chi connectivity index (χ3v) is 4.42. The molecule has 0 spiro atoms. The van der Waals surface area contributed by atoms with Gasteiger partial charge in [-0.3, -0.25) is 0 Å². The Kier molecular flexibility index (Phi) is 5.85. The first-order chi connectivity index (χ1) is 9.20. The topological polar surface area (TPSA) is 30.5 Å². The van der Waals surface area contributed by atoms with E-state index in [9.17, 15) is 0 Å². The average Bonchev–Trinajstić information content (AvgIpc) is 2.39. The van der Waals surface area contributed by atoms with Crippen LogP contribution in [0.25, 0.3) is 0 Å². The fraction of sp³-hybridized carbons (Fsp3) is 0.571. The summed E-state index contributed by atoms with van der Waals surface area (Å²) in [6.07, 6.45) is 2.15. The molecular weight excluding hydrogens is 326 g/mol. The quantitative estimate of drug-likeness (QED) is 0.856. The summed E-state index contributed by atoms with van der Waals surface area (Å²) in [5, 5.41) is 3.49. The number of hydrogen-bond acceptors (Lipinski definition) is 4. The van der Waals surface area contributed by atoms with E-state index < -0.39 is 0 Å². The van der Waals surface area contributed by atoms with Gasteiger partial charge in [0, 0.05) is 6.54 Å². The molecule has 0 radical (unpaired) electrons.